The Labute approximate surface area is 126 Å². The molecule has 4 heteroatoms. The highest BCUT2D eigenvalue weighted by Crippen LogP contribution is 2.17. The van der Waals surface area contributed by atoms with Crippen LogP contribution in [0.25, 0.3) is 0 Å². The molecule has 1 aromatic carbocycles. The number of hydrogen-bond donors (Lipinski definition) is 2. The highest BCUT2D eigenvalue weighted by Gasteiger charge is 2.22. The van der Waals surface area contributed by atoms with E-state index in [0.29, 0.717) is 30.2 Å². The Morgan fingerprint density at radius 3 is 2.65 bits per heavy atom. The third-order valence-corrected chi connectivity index (χ3v) is 3.46. The summed E-state index contributed by atoms with van der Waals surface area (Å²) >= 11 is 6.04. The normalized spacial score (nSPS) is 14.1. The molecule has 2 N–H and O–H groups in total. The Hall–Kier alpha value is -1.06. The van der Waals surface area contributed by atoms with Gasteiger partial charge < -0.3 is 10.4 Å². The van der Waals surface area contributed by atoms with Gasteiger partial charge in [0.1, 0.15) is 0 Å². The van der Waals surface area contributed by atoms with Gasteiger partial charge in [-0.05, 0) is 37.3 Å². The summed E-state index contributed by atoms with van der Waals surface area (Å²) in [4.78, 5) is 11.8. The maximum atomic E-state index is 11.8. The summed E-state index contributed by atoms with van der Waals surface area (Å²) in [5.41, 5.74) is 0.118. The minimum atomic E-state index is -0.853. The van der Waals surface area contributed by atoms with Gasteiger partial charge in [0.05, 0.1) is 5.60 Å². The summed E-state index contributed by atoms with van der Waals surface area (Å²) in [6.07, 6.45) is 1.65. The predicted molar refractivity (Wildman–Crippen MR) is 82.9 cm³/mol. The Morgan fingerprint density at radius 2 is 2.05 bits per heavy atom. The number of aliphatic hydroxyl groups is 1. The van der Waals surface area contributed by atoms with Gasteiger partial charge in [-0.15, -0.1) is 0 Å². The Kier molecular flexibility index (Phi) is 6.50. The highest BCUT2D eigenvalue weighted by atomic mass is 35.5. The lowest BCUT2D eigenvalue weighted by Crippen LogP contribution is -2.41. The van der Waals surface area contributed by atoms with Crippen LogP contribution in [0.3, 0.4) is 0 Å². The summed E-state index contributed by atoms with van der Waals surface area (Å²) < 4.78 is 0. The van der Waals surface area contributed by atoms with Crippen molar-refractivity contribution in [3.63, 3.8) is 0 Å². The SMILES string of the molecule is CC(C)CC(C)(O)CNC(=O)CCc1ccccc1Cl. The second-order valence-electron chi connectivity index (χ2n) is 5.96. The first kappa shape index (κ1) is 17.0. The predicted octanol–water partition coefficient (Wildman–Crippen LogP) is 3.19. The van der Waals surface area contributed by atoms with E-state index >= 15 is 0 Å². The second kappa shape index (κ2) is 7.65. The number of nitrogens with one attached hydrogen (secondary N) is 1. The number of carbonyl (C=O) groups is 1. The molecule has 0 bridgehead atoms. The summed E-state index contributed by atoms with van der Waals surface area (Å²) in [6.45, 7) is 6.13. The monoisotopic (exact) mass is 297 g/mol. The topological polar surface area (TPSA) is 49.3 Å². The van der Waals surface area contributed by atoms with Gasteiger partial charge in [-0.1, -0.05) is 43.6 Å². The molecule has 20 heavy (non-hydrogen) atoms. The molecule has 0 heterocycles. The van der Waals surface area contributed by atoms with Crippen molar-refractivity contribution in [2.24, 2.45) is 5.92 Å². The van der Waals surface area contributed by atoms with Crippen molar-refractivity contribution >= 4 is 17.5 Å². The van der Waals surface area contributed by atoms with Gasteiger partial charge in [-0.2, -0.15) is 0 Å². The Balaban J connectivity index is 2.36. The van der Waals surface area contributed by atoms with Gasteiger partial charge in [-0.3, -0.25) is 4.79 Å². The van der Waals surface area contributed by atoms with Crippen LogP contribution in [0.1, 0.15) is 39.2 Å². The van der Waals surface area contributed by atoms with Crippen molar-refractivity contribution < 1.29 is 9.90 Å². The van der Waals surface area contributed by atoms with Crippen LogP contribution in [-0.2, 0) is 11.2 Å². The van der Waals surface area contributed by atoms with E-state index in [0.717, 1.165) is 5.56 Å². The minimum absolute atomic E-state index is 0.0612. The molecule has 1 atom stereocenters. The van der Waals surface area contributed by atoms with Crippen molar-refractivity contribution in [1.29, 1.82) is 0 Å². The summed E-state index contributed by atoms with van der Waals surface area (Å²) in [7, 11) is 0. The molecule has 1 aromatic rings. The van der Waals surface area contributed by atoms with Crippen LogP contribution < -0.4 is 5.32 Å². The van der Waals surface area contributed by atoms with E-state index in [9.17, 15) is 9.90 Å². The first-order valence-corrected chi connectivity index (χ1v) is 7.40. The number of hydrogen-bond acceptors (Lipinski definition) is 2. The fraction of sp³-hybridized carbons (Fsp3) is 0.562. The van der Waals surface area contributed by atoms with Crippen molar-refractivity contribution in [3.05, 3.63) is 34.9 Å². The first-order chi connectivity index (χ1) is 9.30. The molecule has 0 aromatic heterocycles. The number of carbonyl (C=O) groups excluding carboxylic acids is 1. The summed E-state index contributed by atoms with van der Waals surface area (Å²) in [6, 6.07) is 7.52. The summed E-state index contributed by atoms with van der Waals surface area (Å²) in [5, 5.41) is 13.6. The van der Waals surface area contributed by atoms with Crippen molar-refractivity contribution in [2.45, 2.75) is 45.6 Å². The van der Waals surface area contributed by atoms with Crippen molar-refractivity contribution in [3.8, 4) is 0 Å². The van der Waals surface area contributed by atoms with Crippen LogP contribution >= 0.6 is 11.6 Å². The van der Waals surface area contributed by atoms with Crippen LogP contribution in [-0.4, -0.2) is 23.2 Å². The van der Waals surface area contributed by atoms with E-state index in [2.05, 4.69) is 5.32 Å². The van der Waals surface area contributed by atoms with Crippen LogP contribution in [0.2, 0.25) is 5.02 Å². The van der Waals surface area contributed by atoms with E-state index in [1.165, 1.54) is 0 Å². The molecule has 0 saturated heterocycles. The van der Waals surface area contributed by atoms with E-state index < -0.39 is 5.60 Å². The molecule has 112 valence electrons. The number of amides is 1. The van der Waals surface area contributed by atoms with Crippen molar-refractivity contribution in [2.75, 3.05) is 6.54 Å². The van der Waals surface area contributed by atoms with E-state index in [1.807, 2.05) is 38.1 Å². The smallest absolute Gasteiger partial charge is 0.220 e. The molecule has 3 nitrogen and oxygen atoms in total. The first-order valence-electron chi connectivity index (χ1n) is 7.02. The molecule has 1 rings (SSSR count). The van der Waals surface area contributed by atoms with E-state index in [4.69, 9.17) is 11.6 Å². The molecule has 0 radical (unpaired) electrons. The fourth-order valence-corrected chi connectivity index (χ4v) is 2.51. The van der Waals surface area contributed by atoms with Gasteiger partial charge in [-0.25, -0.2) is 0 Å². The van der Waals surface area contributed by atoms with Gasteiger partial charge in [0.2, 0.25) is 5.91 Å². The average Bonchev–Trinajstić information content (AvgIpc) is 2.34. The molecular formula is C16H24ClNO2. The fourth-order valence-electron chi connectivity index (χ4n) is 2.28. The lowest BCUT2D eigenvalue weighted by atomic mass is 9.94. The number of benzene rings is 1. The largest absolute Gasteiger partial charge is 0.388 e. The van der Waals surface area contributed by atoms with Gasteiger partial charge in [0.15, 0.2) is 0 Å². The van der Waals surface area contributed by atoms with E-state index in [-0.39, 0.29) is 12.5 Å². The second-order valence-corrected chi connectivity index (χ2v) is 6.37. The van der Waals surface area contributed by atoms with Gasteiger partial charge >= 0.3 is 0 Å². The molecule has 1 unspecified atom stereocenters. The zero-order chi connectivity index (χ0) is 15.2. The molecule has 0 aliphatic rings. The molecule has 0 spiro atoms. The van der Waals surface area contributed by atoms with Crippen LogP contribution in [0.5, 0.6) is 0 Å². The quantitative estimate of drug-likeness (QED) is 0.812. The maximum absolute atomic E-state index is 11.8. The van der Waals surface area contributed by atoms with E-state index in [1.54, 1.807) is 6.92 Å². The number of rotatable bonds is 7. The number of halogens is 1. The van der Waals surface area contributed by atoms with Crippen LogP contribution in [0.15, 0.2) is 24.3 Å². The summed E-state index contributed by atoms with van der Waals surface area (Å²) in [5.74, 6) is 0.332. The third kappa shape index (κ3) is 6.40. The zero-order valence-corrected chi connectivity index (χ0v) is 13.2. The molecule has 0 aliphatic carbocycles. The average molecular weight is 298 g/mol. The van der Waals surface area contributed by atoms with Gasteiger partial charge in [0, 0.05) is 18.0 Å². The minimum Gasteiger partial charge on any atom is -0.388 e. The molecule has 0 saturated carbocycles. The molecular weight excluding hydrogens is 274 g/mol. The number of aryl methyl sites for hydroxylation is 1. The van der Waals surface area contributed by atoms with Gasteiger partial charge in [0.25, 0.3) is 0 Å². The highest BCUT2D eigenvalue weighted by molar-refractivity contribution is 6.31. The van der Waals surface area contributed by atoms with Crippen LogP contribution in [0, 0.1) is 5.92 Å². The Bertz CT molecular complexity index is 444. The Morgan fingerprint density at radius 1 is 1.40 bits per heavy atom. The zero-order valence-electron chi connectivity index (χ0n) is 12.4. The standard InChI is InChI=1S/C16H24ClNO2/c1-12(2)10-16(3,20)11-18-15(19)9-8-13-6-4-5-7-14(13)17/h4-7,12,20H,8-11H2,1-3H3,(H,18,19). The maximum Gasteiger partial charge on any atom is 0.220 e. The molecule has 1 amide bonds. The lowest BCUT2D eigenvalue weighted by molar-refractivity contribution is -0.122. The van der Waals surface area contributed by atoms with Crippen molar-refractivity contribution in [1.82, 2.24) is 5.32 Å². The third-order valence-electron chi connectivity index (χ3n) is 3.09. The molecule has 0 fully saturated rings. The lowest BCUT2D eigenvalue weighted by Gasteiger charge is -2.25. The van der Waals surface area contributed by atoms with Crippen LogP contribution in [0.4, 0.5) is 0 Å². The molecule has 0 aliphatic heterocycles.